The molecule has 0 spiro atoms. The molecule has 0 saturated carbocycles. The first kappa shape index (κ1) is 16.7. The normalized spacial score (nSPS) is 10.5. The molecule has 0 radical (unpaired) electrons. The van der Waals surface area contributed by atoms with Crippen LogP contribution in [-0.2, 0) is 0 Å². The average molecular weight is 277 g/mol. The SMILES string of the molecule is CCCCCCCN(CCCO)C(=O)c1ccccc1. The minimum atomic E-state index is 0.0783. The number of carbonyl (C=O) groups is 1. The number of nitrogens with zero attached hydrogens (tertiary/aromatic N) is 1. The number of aliphatic hydroxyl groups excluding tert-OH is 1. The third kappa shape index (κ3) is 6.20. The third-order valence-electron chi connectivity index (χ3n) is 3.43. The molecule has 112 valence electrons. The molecule has 0 heterocycles. The summed E-state index contributed by atoms with van der Waals surface area (Å²) in [6.45, 7) is 3.76. The van der Waals surface area contributed by atoms with Crippen molar-refractivity contribution in [2.45, 2.75) is 45.4 Å². The Kier molecular flexibility index (Phi) is 8.72. The van der Waals surface area contributed by atoms with Gasteiger partial charge in [-0.15, -0.1) is 0 Å². The summed E-state index contributed by atoms with van der Waals surface area (Å²) >= 11 is 0. The lowest BCUT2D eigenvalue weighted by Crippen LogP contribution is -2.33. The minimum Gasteiger partial charge on any atom is -0.396 e. The molecule has 0 aromatic heterocycles. The molecule has 0 saturated heterocycles. The van der Waals surface area contributed by atoms with Gasteiger partial charge in [-0.3, -0.25) is 4.79 Å². The fraction of sp³-hybridized carbons (Fsp3) is 0.588. The van der Waals surface area contributed by atoms with Crippen molar-refractivity contribution in [1.82, 2.24) is 4.90 Å². The molecule has 0 atom stereocenters. The molecule has 0 aliphatic rings. The van der Waals surface area contributed by atoms with Gasteiger partial charge < -0.3 is 10.0 Å². The van der Waals surface area contributed by atoms with Crippen LogP contribution in [0.3, 0.4) is 0 Å². The van der Waals surface area contributed by atoms with Crippen LogP contribution in [0.5, 0.6) is 0 Å². The summed E-state index contributed by atoms with van der Waals surface area (Å²) < 4.78 is 0. The lowest BCUT2D eigenvalue weighted by atomic mass is 10.1. The molecule has 3 heteroatoms. The van der Waals surface area contributed by atoms with Crippen LogP contribution in [0.15, 0.2) is 30.3 Å². The van der Waals surface area contributed by atoms with Gasteiger partial charge >= 0.3 is 0 Å². The van der Waals surface area contributed by atoms with E-state index in [4.69, 9.17) is 5.11 Å². The van der Waals surface area contributed by atoms with Gasteiger partial charge in [0.15, 0.2) is 0 Å². The lowest BCUT2D eigenvalue weighted by Gasteiger charge is -2.22. The molecule has 0 aliphatic heterocycles. The van der Waals surface area contributed by atoms with Crippen molar-refractivity contribution in [3.8, 4) is 0 Å². The number of rotatable bonds is 10. The lowest BCUT2D eigenvalue weighted by molar-refractivity contribution is 0.0741. The number of unbranched alkanes of at least 4 members (excludes halogenated alkanes) is 4. The first-order chi connectivity index (χ1) is 9.79. The smallest absolute Gasteiger partial charge is 0.253 e. The van der Waals surface area contributed by atoms with Crippen molar-refractivity contribution >= 4 is 5.91 Å². The van der Waals surface area contributed by atoms with Crippen LogP contribution in [0.1, 0.15) is 55.8 Å². The predicted molar refractivity (Wildman–Crippen MR) is 82.8 cm³/mol. The Morgan fingerprint density at radius 1 is 1.00 bits per heavy atom. The van der Waals surface area contributed by atoms with Gasteiger partial charge in [-0.05, 0) is 25.0 Å². The molecule has 20 heavy (non-hydrogen) atoms. The second kappa shape index (κ2) is 10.4. The molecular weight excluding hydrogens is 250 g/mol. The van der Waals surface area contributed by atoms with E-state index in [1.807, 2.05) is 35.2 Å². The standard InChI is InChI=1S/C17H27NO2/c1-2-3-4-5-9-13-18(14-10-15-19)17(20)16-11-7-6-8-12-16/h6-8,11-12,19H,2-5,9-10,13-15H2,1H3. The second-order valence-corrected chi connectivity index (χ2v) is 5.15. The van der Waals surface area contributed by atoms with Gasteiger partial charge in [-0.2, -0.15) is 0 Å². The Labute approximate surface area is 122 Å². The molecule has 1 amide bonds. The zero-order valence-electron chi connectivity index (χ0n) is 12.6. The summed E-state index contributed by atoms with van der Waals surface area (Å²) in [5.41, 5.74) is 0.735. The Hall–Kier alpha value is -1.35. The van der Waals surface area contributed by atoms with Crippen LogP contribution >= 0.6 is 0 Å². The molecule has 3 nitrogen and oxygen atoms in total. The Bertz CT molecular complexity index is 365. The van der Waals surface area contributed by atoms with E-state index >= 15 is 0 Å². The van der Waals surface area contributed by atoms with Crippen molar-refractivity contribution in [3.05, 3.63) is 35.9 Å². The first-order valence-electron chi connectivity index (χ1n) is 7.74. The highest BCUT2D eigenvalue weighted by molar-refractivity contribution is 5.94. The topological polar surface area (TPSA) is 40.5 Å². The highest BCUT2D eigenvalue weighted by atomic mass is 16.3. The third-order valence-corrected chi connectivity index (χ3v) is 3.43. The zero-order chi connectivity index (χ0) is 14.6. The van der Waals surface area contributed by atoms with Crippen molar-refractivity contribution < 1.29 is 9.90 Å². The summed E-state index contributed by atoms with van der Waals surface area (Å²) in [5.74, 6) is 0.0783. The maximum Gasteiger partial charge on any atom is 0.253 e. The number of amides is 1. The molecular formula is C17H27NO2. The van der Waals surface area contributed by atoms with Crippen LogP contribution in [0.4, 0.5) is 0 Å². The van der Waals surface area contributed by atoms with Crippen LogP contribution < -0.4 is 0 Å². The van der Waals surface area contributed by atoms with E-state index in [9.17, 15) is 4.79 Å². The Morgan fingerprint density at radius 2 is 1.65 bits per heavy atom. The van der Waals surface area contributed by atoms with Crippen molar-refractivity contribution in [1.29, 1.82) is 0 Å². The number of hydrogen-bond donors (Lipinski definition) is 1. The van der Waals surface area contributed by atoms with E-state index in [0.29, 0.717) is 13.0 Å². The molecule has 0 fully saturated rings. The van der Waals surface area contributed by atoms with Crippen molar-refractivity contribution in [2.24, 2.45) is 0 Å². The maximum atomic E-state index is 12.4. The number of aliphatic hydroxyl groups is 1. The van der Waals surface area contributed by atoms with Gasteiger partial charge in [0.25, 0.3) is 5.91 Å². The van der Waals surface area contributed by atoms with Crippen LogP contribution in [0, 0.1) is 0 Å². The average Bonchev–Trinajstić information content (AvgIpc) is 2.50. The monoisotopic (exact) mass is 277 g/mol. The summed E-state index contributed by atoms with van der Waals surface area (Å²) in [4.78, 5) is 14.3. The Balaban J connectivity index is 2.48. The predicted octanol–water partition coefficient (Wildman–Crippen LogP) is 3.48. The summed E-state index contributed by atoms with van der Waals surface area (Å²) in [6.07, 6.45) is 6.60. The molecule has 1 aromatic rings. The van der Waals surface area contributed by atoms with E-state index in [0.717, 1.165) is 18.5 Å². The maximum absolute atomic E-state index is 12.4. The Morgan fingerprint density at radius 3 is 2.30 bits per heavy atom. The van der Waals surface area contributed by atoms with E-state index in [2.05, 4.69) is 6.92 Å². The summed E-state index contributed by atoms with van der Waals surface area (Å²) in [5, 5.41) is 8.97. The summed E-state index contributed by atoms with van der Waals surface area (Å²) in [7, 11) is 0. The molecule has 1 N–H and O–H groups in total. The minimum absolute atomic E-state index is 0.0783. The number of carbonyl (C=O) groups excluding carboxylic acids is 1. The van der Waals surface area contributed by atoms with Gasteiger partial charge in [0.2, 0.25) is 0 Å². The highest BCUT2D eigenvalue weighted by Crippen LogP contribution is 2.09. The highest BCUT2D eigenvalue weighted by Gasteiger charge is 2.14. The molecule has 0 unspecified atom stereocenters. The van der Waals surface area contributed by atoms with E-state index < -0.39 is 0 Å². The largest absolute Gasteiger partial charge is 0.396 e. The van der Waals surface area contributed by atoms with E-state index in [1.54, 1.807) is 0 Å². The molecule has 1 aromatic carbocycles. The van der Waals surface area contributed by atoms with E-state index in [-0.39, 0.29) is 12.5 Å². The molecule has 1 rings (SSSR count). The van der Waals surface area contributed by atoms with Gasteiger partial charge in [-0.1, -0.05) is 50.8 Å². The van der Waals surface area contributed by atoms with Gasteiger partial charge in [0, 0.05) is 25.3 Å². The fourth-order valence-electron chi connectivity index (χ4n) is 2.25. The number of hydrogen-bond acceptors (Lipinski definition) is 2. The van der Waals surface area contributed by atoms with Crippen molar-refractivity contribution in [2.75, 3.05) is 19.7 Å². The molecule has 0 aliphatic carbocycles. The quantitative estimate of drug-likeness (QED) is 0.665. The second-order valence-electron chi connectivity index (χ2n) is 5.15. The van der Waals surface area contributed by atoms with Crippen LogP contribution in [0.25, 0.3) is 0 Å². The van der Waals surface area contributed by atoms with Gasteiger partial charge in [0.1, 0.15) is 0 Å². The fourth-order valence-corrected chi connectivity index (χ4v) is 2.25. The first-order valence-corrected chi connectivity index (χ1v) is 7.74. The number of benzene rings is 1. The van der Waals surface area contributed by atoms with Gasteiger partial charge in [0.05, 0.1) is 0 Å². The van der Waals surface area contributed by atoms with E-state index in [1.165, 1.54) is 25.7 Å². The van der Waals surface area contributed by atoms with Gasteiger partial charge in [-0.25, -0.2) is 0 Å². The molecule has 0 bridgehead atoms. The zero-order valence-corrected chi connectivity index (χ0v) is 12.6. The van der Waals surface area contributed by atoms with Crippen LogP contribution in [-0.4, -0.2) is 35.6 Å². The summed E-state index contributed by atoms with van der Waals surface area (Å²) in [6, 6.07) is 9.40. The van der Waals surface area contributed by atoms with Crippen molar-refractivity contribution in [3.63, 3.8) is 0 Å². The van der Waals surface area contributed by atoms with Crippen LogP contribution in [0.2, 0.25) is 0 Å².